The Morgan fingerprint density at radius 2 is 0.707 bits per heavy atom. The Kier molecular flexibility index (Phi) is 9.01. The van der Waals surface area contributed by atoms with Crippen LogP contribution in [-0.4, -0.2) is 0 Å². The summed E-state index contributed by atoms with van der Waals surface area (Å²) in [5.74, 6) is 0. The van der Waals surface area contributed by atoms with E-state index in [0.29, 0.717) is 0 Å². The van der Waals surface area contributed by atoms with Gasteiger partial charge < -0.3 is 9.32 Å². The minimum absolute atomic E-state index is 0.900. The van der Waals surface area contributed by atoms with Crippen LogP contribution >= 0.6 is 0 Å². The minimum atomic E-state index is 0.900. The lowest BCUT2D eigenvalue weighted by Gasteiger charge is -2.26. The highest BCUT2D eigenvalue weighted by Crippen LogP contribution is 2.41. The van der Waals surface area contributed by atoms with Crippen molar-refractivity contribution in [3.05, 3.63) is 223 Å². The Bertz CT molecular complexity index is 2880. The molecule has 0 amide bonds. The molecule has 0 aliphatic carbocycles. The van der Waals surface area contributed by atoms with Gasteiger partial charge in [0.1, 0.15) is 11.2 Å². The molecule has 0 radical (unpaired) electrons. The fraction of sp³-hybridized carbons (Fsp3) is 0.0357. The third kappa shape index (κ3) is 6.76. The highest BCUT2D eigenvalue weighted by Gasteiger charge is 2.17. The molecule has 0 aliphatic heterocycles. The van der Waals surface area contributed by atoms with E-state index >= 15 is 0 Å². The highest BCUT2D eigenvalue weighted by atomic mass is 16.3. The van der Waals surface area contributed by atoms with Crippen molar-refractivity contribution in [1.29, 1.82) is 0 Å². The zero-order valence-corrected chi connectivity index (χ0v) is 32.6. The molecule has 0 saturated heterocycles. The van der Waals surface area contributed by atoms with Crippen molar-refractivity contribution in [1.82, 2.24) is 0 Å². The van der Waals surface area contributed by atoms with E-state index < -0.39 is 0 Å². The molecule has 2 heteroatoms. The average Bonchev–Trinajstić information content (AvgIpc) is 3.67. The molecule has 1 aromatic heterocycles. The first kappa shape index (κ1) is 35.0. The first-order valence-corrected chi connectivity index (χ1v) is 19.9. The Hall–Kier alpha value is -7.42. The van der Waals surface area contributed by atoms with Crippen molar-refractivity contribution in [3.63, 3.8) is 0 Å². The zero-order valence-electron chi connectivity index (χ0n) is 32.6. The van der Waals surface area contributed by atoms with Crippen molar-refractivity contribution < 1.29 is 4.42 Å². The van der Waals surface area contributed by atoms with E-state index in [1.807, 2.05) is 12.1 Å². The number of anilines is 3. The number of hydrogen-bond donors (Lipinski definition) is 0. The summed E-state index contributed by atoms with van der Waals surface area (Å²) in [6.07, 6.45) is 0. The fourth-order valence-corrected chi connectivity index (χ4v) is 8.04. The maximum Gasteiger partial charge on any atom is 0.143 e. The van der Waals surface area contributed by atoms with Gasteiger partial charge in [0.05, 0.1) is 0 Å². The lowest BCUT2D eigenvalue weighted by atomic mass is 9.98. The number of aryl methyl sites for hydroxylation is 2. The van der Waals surface area contributed by atoms with Gasteiger partial charge in [0, 0.05) is 33.4 Å². The molecular formula is C56H41NO. The number of furan rings is 1. The normalized spacial score (nSPS) is 11.3. The second kappa shape index (κ2) is 14.9. The van der Waals surface area contributed by atoms with Crippen LogP contribution in [0.15, 0.2) is 217 Å². The molecule has 9 aromatic carbocycles. The van der Waals surface area contributed by atoms with Crippen LogP contribution < -0.4 is 4.90 Å². The van der Waals surface area contributed by atoms with Crippen LogP contribution in [0.5, 0.6) is 0 Å². The van der Waals surface area contributed by atoms with E-state index in [-0.39, 0.29) is 0 Å². The van der Waals surface area contributed by atoms with E-state index in [9.17, 15) is 0 Å². The van der Waals surface area contributed by atoms with Crippen LogP contribution in [0.2, 0.25) is 0 Å². The number of hydrogen-bond acceptors (Lipinski definition) is 2. The summed E-state index contributed by atoms with van der Waals surface area (Å²) in [5.41, 5.74) is 19.4. The molecule has 58 heavy (non-hydrogen) atoms. The molecule has 0 spiro atoms. The van der Waals surface area contributed by atoms with Gasteiger partial charge in [-0.05, 0) is 106 Å². The summed E-state index contributed by atoms with van der Waals surface area (Å²) in [5, 5.41) is 2.26. The van der Waals surface area contributed by atoms with Gasteiger partial charge in [0.2, 0.25) is 0 Å². The maximum atomic E-state index is 6.48. The minimum Gasteiger partial charge on any atom is -0.455 e. The van der Waals surface area contributed by atoms with Crippen LogP contribution in [0.25, 0.3) is 77.6 Å². The Balaban J connectivity index is 1.01. The lowest BCUT2D eigenvalue weighted by molar-refractivity contribution is 0.670. The van der Waals surface area contributed by atoms with E-state index in [2.05, 4.69) is 219 Å². The number of fused-ring (bicyclic) bond motifs is 3. The summed E-state index contributed by atoms with van der Waals surface area (Å²) in [6, 6.07) is 76.5. The third-order valence-corrected chi connectivity index (χ3v) is 11.3. The summed E-state index contributed by atoms with van der Waals surface area (Å²) in [6.45, 7) is 4.25. The largest absolute Gasteiger partial charge is 0.455 e. The van der Waals surface area contributed by atoms with Gasteiger partial charge in [-0.25, -0.2) is 0 Å². The standard InChI is InChI=1S/C56H41NO/c1-38-13-17-40(18-14-38)42-21-25-44(26-22-42)46-29-33-49(34-30-46)57(50-35-31-47(32-36-50)45-27-23-43(24-28-45)41-19-15-39(2)16-20-41)51-8-5-7-48(37-51)52-10-6-11-54-53-9-3-4-12-55(53)58-56(52)54/h3-37H,1-2H3. The summed E-state index contributed by atoms with van der Waals surface area (Å²) >= 11 is 0. The predicted molar refractivity (Wildman–Crippen MR) is 245 cm³/mol. The second-order valence-electron chi connectivity index (χ2n) is 15.1. The van der Waals surface area contributed by atoms with E-state index in [4.69, 9.17) is 4.42 Å². The van der Waals surface area contributed by atoms with Gasteiger partial charge in [-0.1, -0.05) is 181 Å². The number of nitrogens with zero attached hydrogens (tertiary/aromatic N) is 1. The Morgan fingerprint density at radius 3 is 1.19 bits per heavy atom. The van der Waals surface area contributed by atoms with Crippen molar-refractivity contribution in [2.45, 2.75) is 13.8 Å². The Morgan fingerprint density at radius 1 is 0.310 bits per heavy atom. The molecule has 0 fully saturated rings. The quantitative estimate of drug-likeness (QED) is 0.154. The topological polar surface area (TPSA) is 16.4 Å². The van der Waals surface area contributed by atoms with Crippen LogP contribution in [0.3, 0.4) is 0 Å². The molecule has 1 heterocycles. The number of benzene rings is 9. The zero-order chi connectivity index (χ0) is 39.0. The van der Waals surface area contributed by atoms with Crippen LogP contribution in [0.1, 0.15) is 11.1 Å². The van der Waals surface area contributed by atoms with Crippen LogP contribution in [0.4, 0.5) is 17.1 Å². The van der Waals surface area contributed by atoms with Crippen molar-refractivity contribution in [3.8, 4) is 55.6 Å². The van der Waals surface area contributed by atoms with E-state index in [1.165, 1.54) is 55.6 Å². The fourth-order valence-electron chi connectivity index (χ4n) is 8.04. The van der Waals surface area contributed by atoms with Gasteiger partial charge in [0.25, 0.3) is 0 Å². The smallest absolute Gasteiger partial charge is 0.143 e. The first-order chi connectivity index (χ1) is 28.5. The third-order valence-electron chi connectivity index (χ3n) is 11.3. The van der Waals surface area contributed by atoms with Crippen molar-refractivity contribution in [2.75, 3.05) is 4.90 Å². The molecule has 10 aromatic rings. The van der Waals surface area contributed by atoms with E-state index in [0.717, 1.165) is 50.1 Å². The molecule has 0 atom stereocenters. The van der Waals surface area contributed by atoms with Gasteiger partial charge in [-0.2, -0.15) is 0 Å². The Labute approximate surface area is 339 Å². The SMILES string of the molecule is Cc1ccc(-c2ccc(-c3ccc(N(c4ccc(-c5ccc(-c6ccc(C)cc6)cc5)cc4)c4cccc(-c5cccc6c5oc5ccccc56)c4)cc3)cc2)cc1. The van der Waals surface area contributed by atoms with Gasteiger partial charge >= 0.3 is 0 Å². The summed E-state index contributed by atoms with van der Waals surface area (Å²) < 4.78 is 6.48. The molecule has 0 aliphatic rings. The van der Waals surface area contributed by atoms with Crippen LogP contribution in [0, 0.1) is 13.8 Å². The monoisotopic (exact) mass is 743 g/mol. The summed E-state index contributed by atoms with van der Waals surface area (Å²) in [7, 11) is 0. The lowest BCUT2D eigenvalue weighted by Crippen LogP contribution is -2.10. The number of rotatable bonds is 8. The molecular weight excluding hydrogens is 703 g/mol. The van der Waals surface area contributed by atoms with E-state index in [1.54, 1.807) is 0 Å². The highest BCUT2D eigenvalue weighted by molar-refractivity contribution is 6.09. The van der Waals surface area contributed by atoms with Crippen molar-refractivity contribution >= 4 is 39.0 Å². The molecule has 10 rings (SSSR count). The first-order valence-electron chi connectivity index (χ1n) is 19.9. The molecule has 0 unspecified atom stereocenters. The predicted octanol–water partition coefficient (Wildman–Crippen LogP) is 16.0. The molecule has 0 bridgehead atoms. The van der Waals surface area contributed by atoms with Gasteiger partial charge in [-0.3, -0.25) is 0 Å². The molecule has 0 saturated carbocycles. The second-order valence-corrected chi connectivity index (χ2v) is 15.1. The van der Waals surface area contributed by atoms with Gasteiger partial charge in [0.15, 0.2) is 0 Å². The molecule has 2 nitrogen and oxygen atoms in total. The van der Waals surface area contributed by atoms with Crippen LogP contribution in [-0.2, 0) is 0 Å². The maximum absolute atomic E-state index is 6.48. The number of para-hydroxylation sites is 2. The summed E-state index contributed by atoms with van der Waals surface area (Å²) in [4.78, 5) is 2.34. The van der Waals surface area contributed by atoms with Crippen molar-refractivity contribution in [2.24, 2.45) is 0 Å². The molecule has 0 N–H and O–H groups in total. The molecule has 276 valence electrons. The van der Waals surface area contributed by atoms with Gasteiger partial charge in [-0.15, -0.1) is 0 Å². The average molecular weight is 744 g/mol.